The Bertz CT molecular complexity index is 1520. The fourth-order valence-electron chi connectivity index (χ4n) is 4.43. The lowest BCUT2D eigenvalue weighted by Crippen LogP contribution is -2.23. The first-order valence-corrected chi connectivity index (χ1v) is 12.4. The summed E-state index contributed by atoms with van der Waals surface area (Å²) in [5, 5.41) is 14.0. The van der Waals surface area contributed by atoms with Crippen LogP contribution < -0.4 is 9.21 Å². The summed E-state index contributed by atoms with van der Waals surface area (Å²) in [5.74, 6) is -5.09. The predicted octanol–water partition coefficient (Wildman–Crippen LogP) is 5.83. The molecular formula is C24H21F5N6OS. The molecule has 0 bridgehead atoms. The van der Waals surface area contributed by atoms with E-state index in [2.05, 4.69) is 25.4 Å². The van der Waals surface area contributed by atoms with Crippen LogP contribution in [0.2, 0.25) is 0 Å². The molecule has 0 spiro atoms. The van der Waals surface area contributed by atoms with Gasteiger partial charge < -0.3 is 14.3 Å². The third kappa shape index (κ3) is 4.20. The molecule has 5 rings (SSSR count). The van der Waals surface area contributed by atoms with Crippen LogP contribution in [-0.4, -0.2) is 44.7 Å². The summed E-state index contributed by atoms with van der Waals surface area (Å²) >= 11 is 1.64. The molecule has 1 N–H and O–H groups in total. The molecular weight excluding hydrogens is 515 g/mol. The highest BCUT2D eigenvalue weighted by Gasteiger charge is 2.38. The highest BCUT2D eigenvalue weighted by Crippen LogP contribution is 2.42. The smallest absolute Gasteiger partial charge is 0.419 e. The van der Waals surface area contributed by atoms with Crippen LogP contribution in [0.3, 0.4) is 0 Å². The Balaban J connectivity index is 1.58. The van der Waals surface area contributed by atoms with Crippen molar-refractivity contribution >= 4 is 40.3 Å². The number of fused-ring (bicyclic) bond motifs is 2. The molecule has 0 aliphatic carbocycles. The number of anilines is 3. The van der Waals surface area contributed by atoms with Gasteiger partial charge >= 0.3 is 6.18 Å². The Morgan fingerprint density at radius 2 is 1.89 bits per heavy atom. The maximum atomic E-state index is 14.7. The first-order chi connectivity index (χ1) is 17.5. The van der Waals surface area contributed by atoms with Gasteiger partial charge in [-0.15, -0.1) is 0 Å². The number of hydrogen-bond donors (Lipinski definition) is 1. The topological polar surface area (TPSA) is 70.3 Å². The van der Waals surface area contributed by atoms with E-state index < -0.39 is 34.7 Å². The number of aryl methyl sites for hydroxylation is 2. The molecule has 0 saturated heterocycles. The molecule has 1 aliphatic rings. The van der Waals surface area contributed by atoms with Gasteiger partial charge in [0.25, 0.3) is 0 Å². The fraction of sp³-hybridized carbons (Fsp3) is 0.292. The highest BCUT2D eigenvalue weighted by molar-refractivity contribution is 7.99. The minimum atomic E-state index is -5.15. The minimum Gasteiger partial charge on any atom is -0.503 e. The van der Waals surface area contributed by atoms with Crippen molar-refractivity contribution in [2.45, 2.75) is 19.0 Å². The van der Waals surface area contributed by atoms with Crippen molar-refractivity contribution in [3.63, 3.8) is 0 Å². The lowest BCUT2D eigenvalue weighted by Gasteiger charge is -2.30. The molecule has 0 saturated carbocycles. The molecule has 13 heteroatoms. The lowest BCUT2D eigenvalue weighted by atomic mass is 10.0. The largest absolute Gasteiger partial charge is 0.503 e. The summed E-state index contributed by atoms with van der Waals surface area (Å²) in [4.78, 5) is 10.6. The van der Waals surface area contributed by atoms with Crippen LogP contribution in [-0.2, 0) is 19.6 Å². The standard InChI is InChI=1S/C24H21F5N6OS/c1-33(13-7-6-12-5-4-8-35(37-3)17(12)9-13)23-30-11-15-20(32-34(2)22(15)31-23)14-10-16(24(27,28)29)19(26)21(36)18(14)25/h6-7,9-11,36H,4-5,8H2,1-3H3. The third-order valence-corrected chi connectivity index (χ3v) is 7.18. The number of halogens is 5. The van der Waals surface area contributed by atoms with E-state index in [9.17, 15) is 27.1 Å². The van der Waals surface area contributed by atoms with E-state index in [4.69, 9.17) is 0 Å². The van der Waals surface area contributed by atoms with Gasteiger partial charge in [0.15, 0.2) is 23.0 Å². The molecule has 37 heavy (non-hydrogen) atoms. The maximum Gasteiger partial charge on any atom is 0.419 e. The first-order valence-electron chi connectivity index (χ1n) is 11.2. The van der Waals surface area contributed by atoms with Crippen molar-refractivity contribution in [2.24, 2.45) is 7.05 Å². The van der Waals surface area contributed by atoms with Gasteiger partial charge in [0.2, 0.25) is 5.95 Å². The van der Waals surface area contributed by atoms with Crippen molar-refractivity contribution in [2.75, 3.05) is 29.1 Å². The monoisotopic (exact) mass is 536 g/mol. The molecule has 7 nitrogen and oxygen atoms in total. The Morgan fingerprint density at radius 1 is 1.14 bits per heavy atom. The average molecular weight is 537 g/mol. The van der Waals surface area contributed by atoms with E-state index in [-0.39, 0.29) is 28.7 Å². The van der Waals surface area contributed by atoms with E-state index in [1.165, 1.54) is 23.5 Å². The molecule has 0 radical (unpaired) electrons. The number of phenols is 1. The molecule has 2 aromatic carbocycles. The van der Waals surface area contributed by atoms with Gasteiger partial charge in [-0.25, -0.2) is 18.4 Å². The second kappa shape index (κ2) is 9.05. The zero-order valence-electron chi connectivity index (χ0n) is 19.9. The summed E-state index contributed by atoms with van der Waals surface area (Å²) in [7, 11) is 3.27. The minimum absolute atomic E-state index is 0.136. The molecule has 3 heterocycles. The number of hydrogen-bond acceptors (Lipinski definition) is 7. The van der Waals surface area contributed by atoms with Crippen LogP contribution >= 0.6 is 11.9 Å². The van der Waals surface area contributed by atoms with E-state index in [1.54, 1.807) is 23.9 Å². The molecule has 1 aliphatic heterocycles. The Kier molecular flexibility index (Phi) is 6.13. The third-order valence-electron chi connectivity index (χ3n) is 6.36. The molecule has 194 valence electrons. The van der Waals surface area contributed by atoms with Crippen LogP contribution in [0.25, 0.3) is 22.3 Å². The summed E-state index contributed by atoms with van der Waals surface area (Å²) in [5.41, 5.74) is 0.622. The van der Waals surface area contributed by atoms with Crippen LogP contribution in [0.4, 0.5) is 39.3 Å². The van der Waals surface area contributed by atoms with Crippen LogP contribution in [0.1, 0.15) is 17.5 Å². The molecule has 4 aromatic rings. The molecule has 0 atom stereocenters. The highest BCUT2D eigenvalue weighted by atomic mass is 32.2. The molecule has 0 fully saturated rings. The normalized spacial score (nSPS) is 13.8. The van der Waals surface area contributed by atoms with Crippen LogP contribution in [0.5, 0.6) is 5.75 Å². The molecule has 0 amide bonds. The number of rotatable bonds is 4. The first kappa shape index (κ1) is 25.1. The molecule has 0 unspecified atom stereocenters. The lowest BCUT2D eigenvalue weighted by molar-refractivity contribution is -0.140. The zero-order chi connectivity index (χ0) is 26.6. The van der Waals surface area contributed by atoms with Gasteiger partial charge in [-0.2, -0.15) is 23.3 Å². The van der Waals surface area contributed by atoms with E-state index in [1.807, 2.05) is 18.4 Å². The van der Waals surface area contributed by atoms with Gasteiger partial charge in [0.05, 0.1) is 16.6 Å². The summed E-state index contributed by atoms with van der Waals surface area (Å²) in [6, 6.07) is 6.35. The van der Waals surface area contributed by atoms with Gasteiger partial charge in [-0.1, -0.05) is 18.0 Å². The van der Waals surface area contributed by atoms with E-state index in [0.29, 0.717) is 0 Å². The van der Waals surface area contributed by atoms with Crippen LogP contribution in [0.15, 0.2) is 30.5 Å². The fourth-order valence-corrected chi connectivity index (χ4v) is 5.11. The number of phenolic OH excluding ortho intramolecular Hbond substituents is 1. The van der Waals surface area contributed by atoms with Gasteiger partial charge in [0.1, 0.15) is 5.69 Å². The Hall–Kier alpha value is -3.61. The van der Waals surface area contributed by atoms with Crippen molar-refractivity contribution in [3.05, 3.63) is 53.2 Å². The number of nitrogens with zero attached hydrogens (tertiary/aromatic N) is 6. The number of alkyl halides is 3. The van der Waals surface area contributed by atoms with E-state index in [0.717, 1.165) is 30.8 Å². The maximum absolute atomic E-state index is 14.7. The Labute approximate surface area is 212 Å². The van der Waals surface area contributed by atoms with Crippen molar-refractivity contribution in [3.8, 4) is 17.0 Å². The van der Waals surface area contributed by atoms with Gasteiger partial charge in [-0.3, -0.25) is 0 Å². The average Bonchev–Trinajstić information content (AvgIpc) is 3.20. The zero-order valence-corrected chi connectivity index (χ0v) is 20.8. The second-order valence-corrected chi connectivity index (χ2v) is 9.39. The summed E-state index contributed by atoms with van der Waals surface area (Å²) < 4.78 is 72.0. The number of aromatic hydroxyl groups is 1. The van der Waals surface area contributed by atoms with Crippen molar-refractivity contribution in [1.29, 1.82) is 0 Å². The SMILES string of the molecule is CSN1CCCc2ccc(N(C)c3ncc4c(-c5cc(C(F)(F)F)c(F)c(O)c5F)nn(C)c4n3)cc21. The van der Waals surface area contributed by atoms with Gasteiger partial charge in [0, 0.05) is 44.3 Å². The number of aromatic nitrogens is 4. The van der Waals surface area contributed by atoms with Crippen LogP contribution in [0, 0.1) is 11.6 Å². The summed E-state index contributed by atoms with van der Waals surface area (Å²) in [6.07, 6.45) is 0.243. The predicted molar refractivity (Wildman–Crippen MR) is 132 cm³/mol. The van der Waals surface area contributed by atoms with E-state index >= 15 is 0 Å². The Morgan fingerprint density at radius 3 is 2.59 bits per heavy atom. The van der Waals surface area contributed by atoms with Crippen molar-refractivity contribution in [1.82, 2.24) is 19.7 Å². The molecule has 2 aromatic heterocycles. The van der Waals surface area contributed by atoms with Crippen molar-refractivity contribution < 1.29 is 27.1 Å². The quantitative estimate of drug-likeness (QED) is 0.260. The number of benzene rings is 2. The second-order valence-electron chi connectivity index (χ2n) is 8.59. The van der Waals surface area contributed by atoms with Gasteiger partial charge in [-0.05, 0) is 36.6 Å². The summed E-state index contributed by atoms with van der Waals surface area (Å²) in [6.45, 7) is 0.938.